The number of β-amino-alcohol motifs (C(OH)–C–C–N with tert-alkyl or cyclic N) is 1. The van der Waals surface area contributed by atoms with Crippen LogP contribution < -0.4 is 5.32 Å². The van der Waals surface area contributed by atoms with Gasteiger partial charge in [-0.3, -0.25) is 0 Å². The molecule has 1 atom stereocenters. The topological polar surface area (TPSA) is 92.7 Å². The molecule has 0 saturated heterocycles. The van der Waals surface area contributed by atoms with Crippen molar-refractivity contribution in [3.8, 4) is 0 Å². The van der Waals surface area contributed by atoms with Gasteiger partial charge in [-0.2, -0.15) is 0 Å². The Morgan fingerprint density at radius 3 is 2.37 bits per heavy atom. The van der Waals surface area contributed by atoms with Gasteiger partial charge in [-0.05, 0) is 80.8 Å². The fourth-order valence-electron chi connectivity index (χ4n) is 3.70. The minimum atomic E-state index is -3.79. The van der Waals surface area contributed by atoms with E-state index in [2.05, 4.69) is 5.32 Å². The molecule has 3 rings (SSSR count). The van der Waals surface area contributed by atoms with Crippen LogP contribution in [0.15, 0.2) is 82.6 Å². The first-order valence-electron chi connectivity index (χ1n) is 11.3. The SMILES string of the molecule is CCOC(=O)c1cccc(S(=O)(=O)c2ccc(CC(C)(C)NC[C@H](O)c3cccc(Cl)c3)cc2)c1. The van der Waals surface area contributed by atoms with E-state index < -0.39 is 21.9 Å². The van der Waals surface area contributed by atoms with Crippen molar-refractivity contribution < 1.29 is 23.1 Å². The van der Waals surface area contributed by atoms with Crippen molar-refractivity contribution in [2.75, 3.05) is 13.2 Å². The van der Waals surface area contributed by atoms with Gasteiger partial charge in [-0.15, -0.1) is 0 Å². The Bertz CT molecular complexity index is 1270. The maximum absolute atomic E-state index is 13.1. The number of aliphatic hydroxyl groups excluding tert-OH is 1. The van der Waals surface area contributed by atoms with Gasteiger partial charge in [0.2, 0.25) is 9.84 Å². The highest BCUT2D eigenvalue weighted by atomic mass is 35.5. The molecule has 186 valence electrons. The molecule has 0 fully saturated rings. The molecule has 0 unspecified atom stereocenters. The maximum atomic E-state index is 13.1. The number of rotatable bonds is 10. The van der Waals surface area contributed by atoms with Gasteiger partial charge in [-0.1, -0.05) is 41.9 Å². The summed E-state index contributed by atoms with van der Waals surface area (Å²) in [6.07, 6.45) is -0.0839. The van der Waals surface area contributed by atoms with Crippen LogP contribution in [0.5, 0.6) is 0 Å². The van der Waals surface area contributed by atoms with Crippen molar-refractivity contribution >= 4 is 27.4 Å². The monoisotopic (exact) mass is 515 g/mol. The number of sulfone groups is 1. The van der Waals surface area contributed by atoms with Gasteiger partial charge < -0.3 is 15.2 Å². The Labute approximate surface area is 211 Å². The number of nitrogens with one attached hydrogen (secondary N) is 1. The standard InChI is InChI=1S/C27H30ClNO5S/c1-4-34-26(31)21-8-6-10-24(16-21)35(32,33)23-13-11-19(12-14-23)17-27(2,3)29-18-25(30)20-7-5-9-22(28)15-20/h5-16,25,29-30H,4,17-18H2,1-3H3/t25-/m0/s1. The van der Waals surface area contributed by atoms with E-state index in [-0.39, 0.29) is 27.5 Å². The lowest BCUT2D eigenvalue weighted by Gasteiger charge is -2.28. The average Bonchev–Trinajstić information content (AvgIpc) is 2.83. The van der Waals surface area contributed by atoms with Crippen LogP contribution >= 0.6 is 11.6 Å². The molecule has 2 N–H and O–H groups in total. The zero-order valence-corrected chi connectivity index (χ0v) is 21.6. The number of carbonyl (C=O) groups excluding carboxylic acids is 1. The van der Waals surface area contributed by atoms with Crippen molar-refractivity contribution in [1.29, 1.82) is 0 Å². The summed E-state index contributed by atoms with van der Waals surface area (Å²) in [6, 6.07) is 19.7. The minimum absolute atomic E-state index is 0.0350. The molecule has 0 radical (unpaired) electrons. The average molecular weight is 516 g/mol. The van der Waals surface area contributed by atoms with E-state index in [1.807, 2.05) is 19.9 Å². The Kier molecular flexibility index (Phi) is 8.72. The summed E-state index contributed by atoms with van der Waals surface area (Å²) < 4.78 is 31.2. The number of hydrogen-bond acceptors (Lipinski definition) is 6. The molecular formula is C27H30ClNO5S. The van der Waals surface area contributed by atoms with Gasteiger partial charge in [0.15, 0.2) is 0 Å². The molecule has 0 aliphatic carbocycles. The van der Waals surface area contributed by atoms with Crippen LogP contribution in [0.3, 0.4) is 0 Å². The summed E-state index contributed by atoms with van der Waals surface area (Å²) in [5.41, 5.74) is 1.52. The van der Waals surface area contributed by atoms with E-state index in [9.17, 15) is 18.3 Å². The van der Waals surface area contributed by atoms with Gasteiger partial charge in [0.05, 0.1) is 28.1 Å². The summed E-state index contributed by atoms with van der Waals surface area (Å²) in [5, 5.41) is 14.4. The molecule has 0 aromatic heterocycles. The second-order valence-corrected chi connectivity index (χ2v) is 11.3. The van der Waals surface area contributed by atoms with E-state index in [0.29, 0.717) is 18.0 Å². The van der Waals surface area contributed by atoms with Crippen molar-refractivity contribution in [1.82, 2.24) is 5.32 Å². The molecule has 0 aliphatic heterocycles. The number of ether oxygens (including phenoxy) is 1. The first-order valence-corrected chi connectivity index (χ1v) is 13.2. The van der Waals surface area contributed by atoms with Crippen molar-refractivity contribution in [3.05, 3.63) is 94.5 Å². The van der Waals surface area contributed by atoms with Crippen LogP contribution in [-0.2, 0) is 21.0 Å². The van der Waals surface area contributed by atoms with Gasteiger partial charge in [0.25, 0.3) is 0 Å². The molecule has 0 heterocycles. The third kappa shape index (κ3) is 7.15. The Hall–Kier alpha value is -2.71. The van der Waals surface area contributed by atoms with Crippen molar-refractivity contribution in [2.45, 2.75) is 48.6 Å². The van der Waals surface area contributed by atoms with Crippen molar-refractivity contribution in [3.63, 3.8) is 0 Å². The molecule has 35 heavy (non-hydrogen) atoms. The molecule has 6 nitrogen and oxygen atoms in total. The van der Waals surface area contributed by atoms with Crippen LogP contribution in [0.2, 0.25) is 5.02 Å². The zero-order chi connectivity index (χ0) is 25.6. The third-order valence-electron chi connectivity index (χ3n) is 5.54. The Morgan fingerprint density at radius 1 is 1.03 bits per heavy atom. The predicted octanol–water partition coefficient (Wildman–Crippen LogP) is 4.99. The molecule has 0 bridgehead atoms. The lowest BCUT2D eigenvalue weighted by molar-refractivity contribution is 0.0526. The fraction of sp³-hybridized carbons (Fsp3) is 0.296. The second kappa shape index (κ2) is 11.4. The van der Waals surface area contributed by atoms with Crippen LogP contribution in [0, 0.1) is 0 Å². The van der Waals surface area contributed by atoms with Gasteiger partial charge in [-0.25, -0.2) is 13.2 Å². The van der Waals surface area contributed by atoms with Crippen LogP contribution in [0.25, 0.3) is 0 Å². The van der Waals surface area contributed by atoms with Crippen LogP contribution in [0.4, 0.5) is 0 Å². The summed E-state index contributed by atoms with van der Waals surface area (Å²) in [6.45, 7) is 6.28. The van der Waals surface area contributed by atoms with E-state index >= 15 is 0 Å². The molecule has 3 aromatic rings. The first kappa shape index (κ1) is 26.9. The van der Waals surface area contributed by atoms with Gasteiger partial charge in [0, 0.05) is 17.1 Å². The summed E-state index contributed by atoms with van der Waals surface area (Å²) >= 11 is 6.01. The normalized spacial score (nSPS) is 12.8. The molecule has 0 aliphatic rings. The number of hydrogen-bond donors (Lipinski definition) is 2. The largest absolute Gasteiger partial charge is 0.462 e. The fourth-order valence-corrected chi connectivity index (χ4v) is 5.21. The molecule has 0 saturated carbocycles. The summed E-state index contributed by atoms with van der Waals surface area (Å²) in [4.78, 5) is 12.2. The second-order valence-electron chi connectivity index (χ2n) is 8.91. The number of carbonyl (C=O) groups is 1. The van der Waals surface area contributed by atoms with Crippen LogP contribution in [0.1, 0.15) is 48.4 Å². The van der Waals surface area contributed by atoms with Gasteiger partial charge in [0.1, 0.15) is 0 Å². The first-order chi connectivity index (χ1) is 16.5. The Morgan fingerprint density at radius 2 is 1.71 bits per heavy atom. The van der Waals surface area contributed by atoms with E-state index in [1.165, 1.54) is 24.3 Å². The predicted molar refractivity (Wildman–Crippen MR) is 136 cm³/mol. The molecular weight excluding hydrogens is 486 g/mol. The van der Waals surface area contributed by atoms with E-state index in [0.717, 1.165) is 11.1 Å². The maximum Gasteiger partial charge on any atom is 0.338 e. The molecule has 0 amide bonds. The highest BCUT2D eigenvalue weighted by Gasteiger charge is 2.22. The lowest BCUT2D eigenvalue weighted by Crippen LogP contribution is -2.43. The molecule has 3 aromatic carbocycles. The Balaban J connectivity index is 1.68. The highest BCUT2D eigenvalue weighted by Crippen LogP contribution is 2.24. The van der Waals surface area contributed by atoms with Crippen LogP contribution in [-0.4, -0.2) is 38.2 Å². The van der Waals surface area contributed by atoms with E-state index in [4.69, 9.17) is 16.3 Å². The lowest BCUT2D eigenvalue weighted by atomic mass is 9.94. The summed E-state index contributed by atoms with van der Waals surface area (Å²) in [5.74, 6) is -0.560. The number of aliphatic hydroxyl groups is 1. The highest BCUT2D eigenvalue weighted by molar-refractivity contribution is 7.91. The third-order valence-corrected chi connectivity index (χ3v) is 7.55. The smallest absolute Gasteiger partial charge is 0.338 e. The number of benzene rings is 3. The minimum Gasteiger partial charge on any atom is -0.462 e. The molecule has 0 spiro atoms. The van der Waals surface area contributed by atoms with Gasteiger partial charge >= 0.3 is 5.97 Å². The quantitative estimate of drug-likeness (QED) is 0.369. The van der Waals surface area contributed by atoms with Crippen molar-refractivity contribution in [2.24, 2.45) is 0 Å². The number of halogens is 1. The summed E-state index contributed by atoms with van der Waals surface area (Å²) in [7, 11) is -3.79. The van der Waals surface area contributed by atoms with E-state index in [1.54, 1.807) is 49.4 Å². The molecule has 8 heteroatoms. The zero-order valence-electron chi connectivity index (χ0n) is 20.0. The number of esters is 1.